The highest BCUT2D eigenvalue weighted by atomic mass is 32.2. The Kier molecular flexibility index (Phi) is 14.7. The van der Waals surface area contributed by atoms with Crippen molar-refractivity contribution in [2.75, 3.05) is 12.0 Å². The highest BCUT2D eigenvalue weighted by molar-refractivity contribution is 7.98. The van der Waals surface area contributed by atoms with Gasteiger partial charge in [-0.15, -0.1) is 0 Å². The molecule has 0 aromatic rings. The Morgan fingerprint density at radius 2 is 1.23 bits per heavy atom. The molecule has 0 radical (unpaired) electrons. The molecule has 11 N–H and O–H groups in total. The topological polar surface area (TPSA) is 274 Å². The van der Waals surface area contributed by atoms with E-state index >= 15 is 0 Å². The number of thioether (sulfide) groups is 1. The van der Waals surface area contributed by atoms with Gasteiger partial charge in [0.05, 0.1) is 12.5 Å². The molecule has 0 aliphatic heterocycles. The van der Waals surface area contributed by atoms with Gasteiger partial charge >= 0.3 is 11.9 Å². The molecule has 0 saturated heterocycles. The van der Waals surface area contributed by atoms with E-state index in [0.29, 0.717) is 12.2 Å². The van der Waals surface area contributed by atoms with Crippen LogP contribution >= 0.6 is 11.8 Å². The number of amides is 5. The lowest BCUT2D eigenvalue weighted by Crippen LogP contribution is -2.57. The van der Waals surface area contributed by atoms with Crippen LogP contribution in [0.3, 0.4) is 0 Å². The Bertz CT molecular complexity index is 810. The van der Waals surface area contributed by atoms with Crippen molar-refractivity contribution in [1.82, 2.24) is 16.0 Å². The molecule has 15 nitrogen and oxygen atoms in total. The fraction of sp³-hybridized carbons (Fsp3) is 0.632. The minimum absolute atomic E-state index is 0.241. The second-order valence-corrected chi connectivity index (χ2v) is 8.50. The number of carboxylic acids is 2. The molecule has 0 heterocycles. The van der Waals surface area contributed by atoms with Gasteiger partial charge in [-0.25, -0.2) is 4.79 Å². The van der Waals surface area contributed by atoms with Crippen molar-refractivity contribution in [3.63, 3.8) is 0 Å². The number of carboxylic acid groups (broad SMARTS) is 2. The first-order chi connectivity index (χ1) is 16.3. The van der Waals surface area contributed by atoms with Crippen LogP contribution < -0.4 is 33.2 Å². The number of nitrogens with one attached hydrogen (secondary N) is 3. The molecule has 0 aromatic carbocycles. The number of hydrogen-bond acceptors (Lipinski definition) is 9. The summed E-state index contributed by atoms with van der Waals surface area (Å²) in [6.07, 6.45) is -0.195. The molecule has 198 valence electrons. The smallest absolute Gasteiger partial charge is 0.326 e. The van der Waals surface area contributed by atoms with Crippen LogP contribution in [0.25, 0.3) is 0 Å². The van der Waals surface area contributed by atoms with Crippen molar-refractivity contribution < 1.29 is 43.8 Å². The van der Waals surface area contributed by atoms with E-state index in [1.54, 1.807) is 0 Å². The lowest BCUT2D eigenvalue weighted by Gasteiger charge is -2.24. The zero-order chi connectivity index (χ0) is 27.1. The number of aliphatic carboxylic acids is 2. The first-order valence-electron chi connectivity index (χ1n) is 10.4. The number of carbonyl (C=O) groups is 7. The predicted molar refractivity (Wildman–Crippen MR) is 124 cm³/mol. The van der Waals surface area contributed by atoms with E-state index in [9.17, 15) is 33.6 Å². The normalized spacial score (nSPS) is 14.0. The molecular weight excluding hydrogens is 488 g/mol. The summed E-state index contributed by atoms with van der Waals surface area (Å²) in [4.78, 5) is 82.3. The Balaban J connectivity index is 5.61. The average Bonchev–Trinajstić information content (AvgIpc) is 2.75. The van der Waals surface area contributed by atoms with E-state index in [1.165, 1.54) is 11.8 Å². The third-order valence-corrected chi connectivity index (χ3v) is 5.23. The standard InChI is InChI=1S/C19H32N6O9S/c1-35-7-6-9(20)16(30)23-10(2-4-13(21)26)17(31)24-11(3-5-15(28)29)18(32)25-12(19(33)34)8-14(22)27/h9-12H,2-8,20H2,1H3,(H2,21,26)(H2,22,27)(H,23,30)(H,24,31)(H,25,32)(H,28,29)(H,33,34). The van der Waals surface area contributed by atoms with Crippen molar-refractivity contribution in [3.8, 4) is 0 Å². The van der Waals surface area contributed by atoms with Crippen LogP contribution in [0, 0.1) is 0 Å². The van der Waals surface area contributed by atoms with Gasteiger partial charge in [0.25, 0.3) is 0 Å². The molecule has 0 aliphatic rings. The van der Waals surface area contributed by atoms with Gasteiger partial charge in [0.15, 0.2) is 0 Å². The van der Waals surface area contributed by atoms with E-state index < -0.39 is 84.9 Å². The Hall–Kier alpha value is -3.40. The molecule has 35 heavy (non-hydrogen) atoms. The molecule has 0 fully saturated rings. The quantitative estimate of drug-likeness (QED) is 0.0882. The highest BCUT2D eigenvalue weighted by Gasteiger charge is 2.31. The number of hydrogen-bond donors (Lipinski definition) is 8. The minimum Gasteiger partial charge on any atom is -0.481 e. The van der Waals surface area contributed by atoms with E-state index in [-0.39, 0.29) is 12.8 Å². The largest absolute Gasteiger partial charge is 0.481 e. The van der Waals surface area contributed by atoms with E-state index in [2.05, 4.69) is 10.6 Å². The molecule has 16 heteroatoms. The Morgan fingerprint density at radius 1 is 0.743 bits per heavy atom. The first kappa shape index (κ1) is 31.6. The molecule has 0 aromatic heterocycles. The molecule has 0 rings (SSSR count). The number of nitrogens with two attached hydrogens (primary N) is 3. The van der Waals surface area contributed by atoms with Gasteiger partial charge in [-0.3, -0.25) is 28.8 Å². The fourth-order valence-electron chi connectivity index (χ4n) is 2.69. The third-order valence-electron chi connectivity index (χ3n) is 4.58. The van der Waals surface area contributed by atoms with Crippen LogP contribution in [0.5, 0.6) is 0 Å². The van der Waals surface area contributed by atoms with Crippen molar-refractivity contribution in [2.45, 2.75) is 62.7 Å². The monoisotopic (exact) mass is 520 g/mol. The summed E-state index contributed by atoms with van der Waals surface area (Å²) in [6, 6.07) is -5.57. The fourth-order valence-corrected chi connectivity index (χ4v) is 3.18. The van der Waals surface area contributed by atoms with Gasteiger partial charge in [-0.2, -0.15) is 11.8 Å². The van der Waals surface area contributed by atoms with Gasteiger partial charge in [0.2, 0.25) is 29.5 Å². The second-order valence-electron chi connectivity index (χ2n) is 7.52. The minimum atomic E-state index is -1.72. The lowest BCUT2D eigenvalue weighted by molar-refractivity contribution is -0.144. The molecular formula is C19H32N6O9S. The van der Waals surface area contributed by atoms with Gasteiger partial charge in [0, 0.05) is 12.8 Å². The van der Waals surface area contributed by atoms with Crippen LogP contribution in [-0.2, 0) is 33.6 Å². The molecule has 0 saturated carbocycles. The van der Waals surface area contributed by atoms with Crippen LogP contribution in [-0.4, -0.2) is 87.9 Å². The van der Waals surface area contributed by atoms with Crippen molar-refractivity contribution >= 4 is 53.2 Å². The molecule has 0 spiro atoms. The first-order valence-corrected chi connectivity index (χ1v) is 11.8. The molecule has 0 aliphatic carbocycles. The summed E-state index contributed by atoms with van der Waals surface area (Å²) in [5.41, 5.74) is 15.9. The predicted octanol–water partition coefficient (Wildman–Crippen LogP) is -3.39. The van der Waals surface area contributed by atoms with E-state index in [4.69, 9.17) is 27.4 Å². The van der Waals surface area contributed by atoms with Crippen molar-refractivity contribution in [3.05, 3.63) is 0 Å². The maximum atomic E-state index is 12.8. The molecule has 5 amide bonds. The van der Waals surface area contributed by atoms with Gasteiger partial charge in [0.1, 0.15) is 18.1 Å². The third kappa shape index (κ3) is 13.8. The van der Waals surface area contributed by atoms with Crippen molar-refractivity contribution in [2.24, 2.45) is 17.2 Å². The highest BCUT2D eigenvalue weighted by Crippen LogP contribution is 2.06. The summed E-state index contributed by atoms with van der Waals surface area (Å²) in [7, 11) is 0. The van der Waals surface area contributed by atoms with E-state index in [1.807, 2.05) is 11.6 Å². The average molecular weight is 521 g/mol. The Labute approximate surface area is 205 Å². The van der Waals surface area contributed by atoms with Crippen molar-refractivity contribution in [1.29, 1.82) is 0 Å². The van der Waals surface area contributed by atoms with Crippen LogP contribution in [0.4, 0.5) is 0 Å². The summed E-state index contributed by atoms with van der Waals surface area (Å²) < 4.78 is 0. The summed E-state index contributed by atoms with van der Waals surface area (Å²) in [6.45, 7) is 0. The zero-order valence-corrected chi connectivity index (χ0v) is 20.0. The Morgan fingerprint density at radius 3 is 1.66 bits per heavy atom. The summed E-state index contributed by atoms with van der Waals surface area (Å²) >= 11 is 1.45. The number of rotatable bonds is 18. The maximum absolute atomic E-state index is 12.8. The van der Waals surface area contributed by atoms with Crippen LogP contribution in [0.1, 0.15) is 38.5 Å². The molecule has 4 atom stereocenters. The summed E-state index contributed by atoms with van der Waals surface area (Å²) in [5, 5.41) is 24.8. The van der Waals surface area contributed by atoms with Gasteiger partial charge in [-0.05, 0) is 31.3 Å². The SMILES string of the molecule is CSCCC(N)C(=O)NC(CCC(N)=O)C(=O)NC(CCC(=O)O)C(=O)NC(CC(N)=O)C(=O)O. The summed E-state index contributed by atoms with van der Waals surface area (Å²) in [5.74, 6) is -6.83. The number of carbonyl (C=O) groups excluding carboxylic acids is 5. The second kappa shape index (κ2) is 16.3. The number of primary amides is 2. The van der Waals surface area contributed by atoms with Gasteiger partial charge in [-0.1, -0.05) is 0 Å². The zero-order valence-electron chi connectivity index (χ0n) is 19.2. The van der Waals surface area contributed by atoms with Crippen LogP contribution in [0.15, 0.2) is 0 Å². The molecule has 0 bridgehead atoms. The van der Waals surface area contributed by atoms with Gasteiger partial charge < -0.3 is 43.4 Å². The molecule has 4 unspecified atom stereocenters. The lowest BCUT2D eigenvalue weighted by atomic mass is 10.1. The van der Waals surface area contributed by atoms with Crippen LogP contribution in [0.2, 0.25) is 0 Å². The van der Waals surface area contributed by atoms with E-state index in [0.717, 1.165) is 0 Å². The maximum Gasteiger partial charge on any atom is 0.326 e.